The number of alkyl carbamates (subject to hydrolysis) is 1. The van der Waals surface area contributed by atoms with E-state index in [4.69, 9.17) is 15.9 Å². The van der Waals surface area contributed by atoms with Gasteiger partial charge in [0, 0.05) is 19.1 Å². The first kappa shape index (κ1) is 16.8. The predicted molar refractivity (Wildman–Crippen MR) is 73.1 cm³/mol. The second kappa shape index (κ2) is 6.68. The molecule has 1 fully saturated rings. The lowest BCUT2D eigenvalue weighted by Crippen LogP contribution is -2.46. The summed E-state index contributed by atoms with van der Waals surface area (Å²) in [5.41, 5.74) is 4.98. The molecule has 0 unspecified atom stereocenters. The van der Waals surface area contributed by atoms with Gasteiger partial charge in [-0.1, -0.05) is 0 Å². The van der Waals surface area contributed by atoms with E-state index in [0.717, 1.165) is 19.4 Å². The van der Waals surface area contributed by atoms with Crippen molar-refractivity contribution in [1.82, 2.24) is 10.2 Å². The highest BCUT2D eigenvalue weighted by atomic mass is 35.5. The van der Waals surface area contributed by atoms with Gasteiger partial charge in [-0.15, -0.1) is 12.4 Å². The number of ether oxygens (including phenoxy) is 1. The van der Waals surface area contributed by atoms with Crippen molar-refractivity contribution in [2.24, 2.45) is 5.73 Å². The number of nitrogens with one attached hydrogen (secondary N) is 2. The van der Waals surface area contributed by atoms with Crippen LogP contribution < -0.4 is 11.1 Å². The number of halogens is 1. The summed E-state index contributed by atoms with van der Waals surface area (Å²) in [6.07, 6.45) is 1.52. The highest BCUT2D eigenvalue weighted by Gasteiger charge is 2.26. The van der Waals surface area contributed by atoms with Gasteiger partial charge in [0.1, 0.15) is 5.60 Å². The number of hydrogen-bond acceptors (Lipinski definition) is 3. The molecule has 0 aliphatic carbocycles. The third kappa shape index (κ3) is 5.44. The normalized spacial score (nSPS) is 19.1. The van der Waals surface area contributed by atoms with Crippen LogP contribution in [-0.2, 0) is 4.74 Å². The van der Waals surface area contributed by atoms with Crippen LogP contribution in [0.15, 0.2) is 0 Å². The monoisotopic (exact) mass is 278 g/mol. The van der Waals surface area contributed by atoms with Crippen LogP contribution in [0.2, 0.25) is 0 Å². The van der Waals surface area contributed by atoms with Crippen molar-refractivity contribution >= 4 is 24.5 Å². The third-order valence-electron chi connectivity index (χ3n) is 2.57. The number of nitrogens with two attached hydrogens (primary N) is 1. The van der Waals surface area contributed by atoms with Gasteiger partial charge in [-0.3, -0.25) is 5.41 Å². The van der Waals surface area contributed by atoms with Crippen LogP contribution in [0, 0.1) is 5.41 Å². The van der Waals surface area contributed by atoms with Crippen LogP contribution in [0.1, 0.15) is 33.6 Å². The van der Waals surface area contributed by atoms with Crippen LogP contribution in [0.4, 0.5) is 4.79 Å². The minimum atomic E-state index is -0.486. The zero-order chi connectivity index (χ0) is 13.1. The summed E-state index contributed by atoms with van der Waals surface area (Å²) < 4.78 is 5.14. The van der Waals surface area contributed by atoms with Crippen LogP contribution >= 0.6 is 12.4 Å². The largest absolute Gasteiger partial charge is 0.444 e. The van der Waals surface area contributed by atoms with Crippen molar-refractivity contribution in [2.75, 3.05) is 13.1 Å². The minimum absolute atomic E-state index is 0. The van der Waals surface area contributed by atoms with Crippen LogP contribution in [0.3, 0.4) is 0 Å². The number of rotatable bonds is 2. The summed E-state index contributed by atoms with van der Waals surface area (Å²) in [7, 11) is 0. The number of guanidine groups is 1. The average Bonchev–Trinajstić information content (AvgIpc) is 2.59. The molecule has 4 N–H and O–H groups in total. The van der Waals surface area contributed by atoms with Gasteiger partial charge in [-0.05, 0) is 33.6 Å². The van der Waals surface area contributed by atoms with E-state index in [2.05, 4.69) is 5.32 Å². The van der Waals surface area contributed by atoms with E-state index < -0.39 is 11.7 Å². The summed E-state index contributed by atoms with van der Waals surface area (Å²) in [6.45, 7) is 6.72. The van der Waals surface area contributed by atoms with Crippen LogP contribution in [0.5, 0.6) is 0 Å². The fourth-order valence-corrected chi connectivity index (χ4v) is 1.88. The molecule has 0 radical (unpaired) electrons. The van der Waals surface area contributed by atoms with Gasteiger partial charge >= 0.3 is 6.09 Å². The Morgan fingerprint density at radius 2 is 2.17 bits per heavy atom. The zero-order valence-corrected chi connectivity index (χ0v) is 12.0. The molecule has 1 atom stereocenters. The van der Waals surface area contributed by atoms with E-state index in [-0.39, 0.29) is 24.4 Å². The highest BCUT2D eigenvalue weighted by molar-refractivity contribution is 5.85. The third-order valence-corrected chi connectivity index (χ3v) is 2.57. The highest BCUT2D eigenvalue weighted by Crippen LogP contribution is 2.15. The van der Waals surface area contributed by atoms with E-state index in [1.807, 2.05) is 20.8 Å². The molecule has 1 heterocycles. The first-order valence-electron chi connectivity index (χ1n) is 5.87. The van der Waals surface area contributed by atoms with Crippen molar-refractivity contribution in [1.29, 1.82) is 5.41 Å². The Balaban J connectivity index is 0.00000289. The smallest absolute Gasteiger partial charge is 0.407 e. The van der Waals surface area contributed by atoms with Crippen LogP contribution in [-0.4, -0.2) is 41.7 Å². The van der Waals surface area contributed by atoms with Crippen molar-refractivity contribution in [3.8, 4) is 0 Å². The molecule has 1 rings (SSSR count). The van der Waals surface area contributed by atoms with Gasteiger partial charge in [0.2, 0.25) is 0 Å². The topological polar surface area (TPSA) is 91.4 Å². The second-order valence-corrected chi connectivity index (χ2v) is 5.26. The number of carbonyl (C=O) groups is 1. The SMILES string of the molecule is CC(C)(C)OC(=O)NC[C@@H]1CCCN1C(=N)N.Cl. The lowest BCUT2D eigenvalue weighted by atomic mass is 10.2. The standard InChI is InChI=1S/C11H22N4O2.ClH/c1-11(2,3)17-10(16)14-7-8-5-4-6-15(8)9(12)13;/h8H,4-7H2,1-3H3,(H3,12,13)(H,14,16);1H/t8-;/m0./s1. The van der Waals surface area contributed by atoms with E-state index in [0.29, 0.717) is 6.54 Å². The average molecular weight is 279 g/mol. The molecule has 6 nitrogen and oxygen atoms in total. The fraction of sp³-hybridized carbons (Fsp3) is 0.818. The molecular formula is C11H23ClN4O2. The maximum atomic E-state index is 11.5. The lowest BCUT2D eigenvalue weighted by molar-refractivity contribution is 0.0518. The van der Waals surface area contributed by atoms with Gasteiger partial charge in [0.05, 0.1) is 0 Å². The number of carbonyl (C=O) groups excluding carboxylic acids is 1. The van der Waals surface area contributed by atoms with Gasteiger partial charge < -0.3 is 20.7 Å². The molecular weight excluding hydrogens is 256 g/mol. The Labute approximate surface area is 114 Å². The van der Waals surface area contributed by atoms with Gasteiger partial charge in [0.25, 0.3) is 0 Å². The van der Waals surface area contributed by atoms with Gasteiger partial charge in [-0.2, -0.15) is 0 Å². The van der Waals surface area contributed by atoms with Crippen LogP contribution in [0.25, 0.3) is 0 Å². The first-order valence-corrected chi connectivity index (χ1v) is 5.87. The molecule has 7 heteroatoms. The Bertz CT molecular complexity index is 304. The molecule has 0 aromatic heterocycles. The molecule has 0 spiro atoms. The van der Waals surface area contributed by atoms with Crippen molar-refractivity contribution in [3.63, 3.8) is 0 Å². The van der Waals surface area contributed by atoms with E-state index in [1.54, 1.807) is 4.90 Å². The molecule has 106 valence electrons. The van der Waals surface area contributed by atoms with E-state index in [9.17, 15) is 4.79 Å². The van der Waals surface area contributed by atoms with Crippen molar-refractivity contribution in [2.45, 2.75) is 45.3 Å². The Morgan fingerprint density at radius 1 is 1.56 bits per heavy atom. The Morgan fingerprint density at radius 3 is 2.67 bits per heavy atom. The zero-order valence-electron chi connectivity index (χ0n) is 11.2. The molecule has 18 heavy (non-hydrogen) atoms. The fourth-order valence-electron chi connectivity index (χ4n) is 1.88. The van der Waals surface area contributed by atoms with Gasteiger partial charge in [-0.25, -0.2) is 4.79 Å². The summed E-state index contributed by atoms with van der Waals surface area (Å²) in [5, 5.41) is 10.1. The second-order valence-electron chi connectivity index (χ2n) is 5.26. The lowest BCUT2D eigenvalue weighted by Gasteiger charge is -2.26. The Kier molecular flexibility index (Phi) is 6.25. The molecule has 0 aromatic carbocycles. The van der Waals surface area contributed by atoms with E-state index >= 15 is 0 Å². The molecule has 1 aliphatic rings. The number of nitrogens with zero attached hydrogens (tertiary/aromatic N) is 1. The Hall–Kier alpha value is -1.17. The quantitative estimate of drug-likeness (QED) is 0.524. The molecule has 0 bridgehead atoms. The predicted octanol–water partition coefficient (Wildman–Crippen LogP) is 1.29. The molecule has 1 saturated heterocycles. The minimum Gasteiger partial charge on any atom is -0.444 e. The van der Waals surface area contributed by atoms with Gasteiger partial charge in [0.15, 0.2) is 5.96 Å². The first-order chi connectivity index (χ1) is 7.79. The maximum absolute atomic E-state index is 11.5. The number of hydrogen-bond donors (Lipinski definition) is 3. The number of amides is 1. The molecule has 1 aliphatic heterocycles. The summed E-state index contributed by atoms with van der Waals surface area (Å²) in [6, 6.07) is 0.111. The van der Waals surface area contributed by atoms with Crippen molar-refractivity contribution < 1.29 is 9.53 Å². The molecule has 0 aromatic rings. The number of likely N-dealkylation sites (tertiary alicyclic amines) is 1. The van der Waals surface area contributed by atoms with Crippen molar-refractivity contribution in [3.05, 3.63) is 0 Å². The van der Waals surface area contributed by atoms with E-state index in [1.165, 1.54) is 0 Å². The molecule has 0 saturated carbocycles. The summed E-state index contributed by atoms with van der Waals surface area (Å²) in [4.78, 5) is 13.3. The molecule has 1 amide bonds. The maximum Gasteiger partial charge on any atom is 0.407 e. The summed E-state index contributed by atoms with van der Waals surface area (Å²) >= 11 is 0. The summed E-state index contributed by atoms with van der Waals surface area (Å²) in [5.74, 6) is 0.0680.